The van der Waals surface area contributed by atoms with Crippen LogP contribution in [0.4, 0.5) is 0 Å². The molecular weight excluding hydrogens is 281 g/mol. The Balaban J connectivity index is 2.35. The van der Waals surface area contributed by atoms with Crippen molar-refractivity contribution >= 4 is 39.3 Å². The maximum Gasteiger partial charge on any atom is 0.183 e. The summed E-state index contributed by atoms with van der Waals surface area (Å²) in [6, 6.07) is 4.58. The summed E-state index contributed by atoms with van der Waals surface area (Å²) in [5.41, 5.74) is 0.751. The van der Waals surface area contributed by atoms with E-state index in [9.17, 15) is 8.42 Å². The van der Waals surface area contributed by atoms with Crippen molar-refractivity contribution in [2.24, 2.45) is 4.99 Å². The molecule has 0 amide bonds. The van der Waals surface area contributed by atoms with Crippen molar-refractivity contribution < 1.29 is 8.42 Å². The van der Waals surface area contributed by atoms with Gasteiger partial charge in [0, 0.05) is 18.8 Å². The van der Waals surface area contributed by atoms with Crippen molar-refractivity contribution in [3.63, 3.8) is 0 Å². The molecule has 1 heterocycles. The van der Waals surface area contributed by atoms with Crippen LogP contribution in [-0.4, -0.2) is 20.4 Å². The quantitative estimate of drug-likeness (QED) is 0.858. The Morgan fingerprint density at radius 3 is 2.71 bits per heavy atom. The number of nitrogens with zero attached hydrogens (tertiary/aromatic N) is 1. The van der Waals surface area contributed by atoms with Gasteiger partial charge < -0.3 is 0 Å². The molecule has 0 saturated carbocycles. The Morgan fingerprint density at radius 1 is 1.29 bits per heavy atom. The molecule has 3 nitrogen and oxygen atoms in total. The zero-order chi connectivity index (χ0) is 12.5. The zero-order valence-electron chi connectivity index (χ0n) is 8.73. The van der Waals surface area contributed by atoms with Gasteiger partial charge in [-0.15, -0.1) is 0 Å². The molecule has 0 aromatic heterocycles. The number of aliphatic imine (C=N–C) groups is 1. The van der Waals surface area contributed by atoms with E-state index in [4.69, 9.17) is 23.2 Å². The summed E-state index contributed by atoms with van der Waals surface area (Å²) in [5, 5.41) is 0.318. The first-order chi connectivity index (χ1) is 8.00. The smallest absolute Gasteiger partial charge is 0.183 e. The van der Waals surface area contributed by atoms with Crippen molar-refractivity contribution in [2.75, 3.05) is 5.75 Å². The molecule has 2 rings (SSSR count). The van der Waals surface area contributed by atoms with Crippen molar-refractivity contribution in [3.8, 4) is 0 Å². The van der Waals surface area contributed by atoms with Crippen molar-refractivity contribution in [2.45, 2.75) is 11.3 Å². The summed E-state index contributed by atoms with van der Waals surface area (Å²) >= 11 is 11.7. The lowest BCUT2D eigenvalue weighted by Gasteiger charge is -2.07. The van der Waals surface area contributed by atoms with Crippen molar-refractivity contribution in [1.29, 1.82) is 0 Å². The Labute approximate surface area is 110 Å². The van der Waals surface area contributed by atoms with E-state index in [1.165, 1.54) is 6.07 Å². The van der Waals surface area contributed by atoms with E-state index in [0.29, 0.717) is 6.42 Å². The Hall–Kier alpha value is -0.840. The van der Waals surface area contributed by atoms with Gasteiger partial charge in [-0.25, -0.2) is 8.42 Å². The van der Waals surface area contributed by atoms with E-state index in [2.05, 4.69) is 4.99 Å². The van der Waals surface area contributed by atoms with Gasteiger partial charge in [-0.1, -0.05) is 29.3 Å². The third-order valence-corrected chi connectivity index (χ3v) is 5.03. The summed E-state index contributed by atoms with van der Waals surface area (Å²) < 4.78 is 24.2. The number of benzene rings is 1. The lowest BCUT2D eigenvalue weighted by atomic mass is 10.3. The summed E-state index contributed by atoms with van der Waals surface area (Å²) in [5.74, 6) is -0.0763. The number of hydrogen-bond donors (Lipinski definition) is 0. The van der Waals surface area contributed by atoms with E-state index in [0.717, 1.165) is 5.57 Å². The molecule has 1 aliphatic heterocycles. The average molecular weight is 290 g/mol. The van der Waals surface area contributed by atoms with Crippen LogP contribution in [0, 0.1) is 0 Å². The molecule has 6 heteroatoms. The Bertz CT molecular complexity index is 606. The van der Waals surface area contributed by atoms with Gasteiger partial charge in [-0.2, -0.15) is 0 Å². The minimum atomic E-state index is -3.46. The van der Waals surface area contributed by atoms with Gasteiger partial charge in [-0.3, -0.25) is 4.99 Å². The van der Waals surface area contributed by atoms with Crippen LogP contribution in [0.1, 0.15) is 6.42 Å². The van der Waals surface area contributed by atoms with Gasteiger partial charge in [0.15, 0.2) is 9.84 Å². The molecule has 1 aromatic rings. The van der Waals surface area contributed by atoms with Crippen LogP contribution >= 0.6 is 23.2 Å². The van der Waals surface area contributed by atoms with Gasteiger partial charge in [0.25, 0.3) is 0 Å². The van der Waals surface area contributed by atoms with Crippen LogP contribution in [0.2, 0.25) is 10.0 Å². The number of hydrogen-bond acceptors (Lipinski definition) is 3. The molecule has 0 atom stereocenters. The fourth-order valence-corrected chi connectivity index (χ4v) is 3.74. The van der Waals surface area contributed by atoms with Crippen LogP contribution in [0.5, 0.6) is 0 Å². The largest absolute Gasteiger partial charge is 0.269 e. The summed E-state index contributed by atoms with van der Waals surface area (Å²) in [6.07, 6.45) is 3.80. The highest BCUT2D eigenvalue weighted by Crippen LogP contribution is 2.30. The second-order valence-electron chi connectivity index (χ2n) is 3.63. The first-order valence-corrected chi connectivity index (χ1v) is 7.28. The highest BCUT2D eigenvalue weighted by molar-refractivity contribution is 7.91. The minimum Gasteiger partial charge on any atom is -0.269 e. The standard InChI is InChI=1S/C11H9Cl2NO2S/c12-9-2-1-3-10(11(9)13)17(15,16)7-8-4-5-14-6-8/h1-3,5-6H,4,7H2. The third kappa shape index (κ3) is 2.70. The highest BCUT2D eigenvalue weighted by Gasteiger charge is 2.21. The predicted molar refractivity (Wildman–Crippen MR) is 69.7 cm³/mol. The van der Waals surface area contributed by atoms with E-state index in [1.54, 1.807) is 24.5 Å². The first-order valence-electron chi connectivity index (χ1n) is 4.87. The SMILES string of the molecule is O=S(=O)(CC1=CN=CC1)c1cccc(Cl)c1Cl. The summed E-state index contributed by atoms with van der Waals surface area (Å²) in [4.78, 5) is 3.94. The summed E-state index contributed by atoms with van der Waals surface area (Å²) in [6.45, 7) is 0. The molecule has 1 aromatic carbocycles. The number of halogens is 2. The maximum absolute atomic E-state index is 12.1. The van der Waals surface area contributed by atoms with Crippen molar-refractivity contribution in [1.82, 2.24) is 0 Å². The lowest BCUT2D eigenvalue weighted by molar-refractivity contribution is 0.598. The van der Waals surface area contributed by atoms with Crippen LogP contribution in [0.3, 0.4) is 0 Å². The molecule has 0 saturated heterocycles. The second kappa shape index (κ2) is 4.80. The van der Waals surface area contributed by atoms with Crippen LogP contribution < -0.4 is 0 Å². The molecule has 1 aliphatic rings. The van der Waals surface area contributed by atoms with E-state index < -0.39 is 9.84 Å². The molecule has 0 N–H and O–H groups in total. The third-order valence-electron chi connectivity index (χ3n) is 2.34. The molecule has 0 aliphatic carbocycles. The highest BCUT2D eigenvalue weighted by atomic mass is 35.5. The van der Waals surface area contributed by atoms with E-state index in [-0.39, 0.29) is 20.7 Å². The first kappa shape index (κ1) is 12.6. The average Bonchev–Trinajstić information content (AvgIpc) is 2.73. The molecule has 17 heavy (non-hydrogen) atoms. The van der Waals surface area contributed by atoms with Gasteiger partial charge in [-0.05, 0) is 17.7 Å². The molecule has 0 bridgehead atoms. The van der Waals surface area contributed by atoms with E-state index in [1.807, 2.05) is 0 Å². The monoisotopic (exact) mass is 289 g/mol. The normalized spacial score (nSPS) is 15.1. The molecule has 0 unspecified atom stereocenters. The maximum atomic E-state index is 12.1. The van der Waals surface area contributed by atoms with Crippen LogP contribution in [0.25, 0.3) is 0 Å². The Kier molecular flexibility index (Phi) is 3.56. The van der Waals surface area contributed by atoms with Gasteiger partial charge in [0.2, 0.25) is 0 Å². The van der Waals surface area contributed by atoms with Gasteiger partial charge >= 0.3 is 0 Å². The van der Waals surface area contributed by atoms with Gasteiger partial charge in [0.1, 0.15) is 0 Å². The Morgan fingerprint density at radius 2 is 2.06 bits per heavy atom. The zero-order valence-corrected chi connectivity index (χ0v) is 11.1. The molecule has 0 radical (unpaired) electrons. The molecular formula is C11H9Cl2NO2S. The minimum absolute atomic E-state index is 0.0690. The topological polar surface area (TPSA) is 46.5 Å². The van der Waals surface area contributed by atoms with Crippen molar-refractivity contribution in [3.05, 3.63) is 40.0 Å². The van der Waals surface area contributed by atoms with Gasteiger partial charge in [0.05, 0.1) is 20.7 Å². The number of rotatable bonds is 3. The number of sulfone groups is 1. The fraction of sp³-hybridized carbons (Fsp3) is 0.182. The summed E-state index contributed by atoms with van der Waals surface area (Å²) in [7, 11) is -3.46. The molecule has 0 fully saturated rings. The predicted octanol–water partition coefficient (Wildman–Crippen LogP) is 3.13. The second-order valence-corrected chi connectivity index (χ2v) is 6.38. The van der Waals surface area contributed by atoms with E-state index >= 15 is 0 Å². The molecule has 0 spiro atoms. The van der Waals surface area contributed by atoms with Crippen LogP contribution in [0.15, 0.2) is 39.9 Å². The van der Waals surface area contributed by atoms with Crippen LogP contribution in [-0.2, 0) is 9.84 Å². The fourth-order valence-electron chi connectivity index (χ4n) is 1.52. The lowest BCUT2D eigenvalue weighted by Crippen LogP contribution is -2.09. The molecule has 90 valence electrons.